The molecule has 0 aliphatic carbocycles. The Morgan fingerprint density at radius 1 is 1.03 bits per heavy atom. The normalized spacial score (nSPS) is 10.7. The first-order valence-electron chi connectivity index (χ1n) is 9.28. The average Bonchev–Trinajstić information content (AvgIpc) is 3.35. The van der Waals surface area contributed by atoms with Crippen LogP contribution in [0.3, 0.4) is 0 Å². The van der Waals surface area contributed by atoms with Crippen LogP contribution in [0.15, 0.2) is 53.9 Å². The smallest absolute Gasteiger partial charge is 0.269 e. The molecule has 31 heavy (non-hydrogen) atoms. The minimum atomic E-state index is -0.514. The van der Waals surface area contributed by atoms with Gasteiger partial charge >= 0.3 is 0 Å². The minimum Gasteiger partial charge on any atom is -0.326 e. The van der Waals surface area contributed by atoms with Crippen molar-refractivity contribution in [2.24, 2.45) is 0 Å². The van der Waals surface area contributed by atoms with Crippen molar-refractivity contribution in [1.29, 1.82) is 0 Å². The summed E-state index contributed by atoms with van der Waals surface area (Å²) < 4.78 is 14.5. The van der Waals surface area contributed by atoms with E-state index in [0.717, 1.165) is 10.6 Å². The van der Waals surface area contributed by atoms with Gasteiger partial charge in [0.25, 0.3) is 5.91 Å². The van der Waals surface area contributed by atoms with Crippen molar-refractivity contribution >= 4 is 45.3 Å². The summed E-state index contributed by atoms with van der Waals surface area (Å²) in [5, 5.41) is 8.10. The molecule has 0 bridgehead atoms. The zero-order chi connectivity index (χ0) is 22.0. The SMILES string of the molecule is CC(=O)Nc1ccc(-c2csc(NC(=O)c3sc(-c4ccccc4)nc3C)n2)c(F)c1. The molecule has 2 heterocycles. The number of halogens is 1. The monoisotopic (exact) mass is 452 g/mol. The Balaban J connectivity index is 1.51. The number of anilines is 2. The predicted octanol–water partition coefficient (Wildman–Crippen LogP) is 5.59. The molecule has 2 amide bonds. The van der Waals surface area contributed by atoms with Gasteiger partial charge in [-0.25, -0.2) is 14.4 Å². The average molecular weight is 453 g/mol. The summed E-state index contributed by atoms with van der Waals surface area (Å²) in [5.74, 6) is -1.10. The van der Waals surface area contributed by atoms with E-state index < -0.39 is 5.82 Å². The number of benzene rings is 2. The third-order valence-electron chi connectivity index (χ3n) is 4.31. The van der Waals surface area contributed by atoms with Crippen molar-refractivity contribution in [2.75, 3.05) is 10.6 Å². The highest BCUT2D eigenvalue weighted by molar-refractivity contribution is 7.17. The van der Waals surface area contributed by atoms with Crippen LogP contribution >= 0.6 is 22.7 Å². The molecule has 2 aromatic carbocycles. The highest BCUT2D eigenvalue weighted by atomic mass is 32.1. The third-order valence-corrected chi connectivity index (χ3v) is 6.28. The maximum absolute atomic E-state index is 14.5. The number of amides is 2. The quantitative estimate of drug-likeness (QED) is 0.413. The molecule has 6 nitrogen and oxygen atoms in total. The van der Waals surface area contributed by atoms with E-state index in [1.54, 1.807) is 24.4 Å². The molecule has 0 spiro atoms. The molecule has 4 rings (SSSR count). The molecule has 0 unspecified atom stereocenters. The number of carbonyl (C=O) groups excluding carboxylic acids is 2. The summed E-state index contributed by atoms with van der Waals surface area (Å²) in [6, 6.07) is 14.0. The van der Waals surface area contributed by atoms with Crippen LogP contribution in [0.1, 0.15) is 22.3 Å². The summed E-state index contributed by atoms with van der Waals surface area (Å²) in [6.07, 6.45) is 0. The lowest BCUT2D eigenvalue weighted by Gasteiger charge is -2.05. The van der Waals surface area contributed by atoms with Gasteiger partial charge in [0.1, 0.15) is 15.7 Å². The number of aromatic nitrogens is 2. The van der Waals surface area contributed by atoms with Crippen LogP contribution in [-0.2, 0) is 4.79 Å². The first-order valence-corrected chi connectivity index (χ1v) is 11.0. The van der Waals surface area contributed by atoms with Crippen molar-refractivity contribution in [3.05, 3.63) is 70.3 Å². The summed E-state index contributed by atoms with van der Waals surface area (Å²) in [4.78, 5) is 33.2. The van der Waals surface area contributed by atoms with E-state index in [-0.39, 0.29) is 17.4 Å². The fourth-order valence-electron chi connectivity index (χ4n) is 2.92. The molecule has 2 aromatic heterocycles. The van der Waals surface area contributed by atoms with Gasteiger partial charge in [-0.1, -0.05) is 30.3 Å². The van der Waals surface area contributed by atoms with Gasteiger partial charge in [0.2, 0.25) is 5.91 Å². The molecule has 156 valence electrons. The molecule has 0 aliphatic heterocycles. The van der Waals surface area contributed by atoms with E-state index in [4.69, 9.17) is 0 Å². The van der Waals surface area contributed by atoms with E-state index in [9.17, 15) is 14.0 Å². The van der Waals surface area contributed by atoms with Crippen LogP contribution in [0.5, 0.6) is 0 Å². The molecule has 0 atom stereocenters. The highest BCUT2D eigenvalue weighted by Gasteiger charge is 2.18. The second kappa shape index (κ2) is 8.75. The Morgan fingerprint density at radius 3 is 2.52 bits per heavy atom. The van der Waals surface area contributed by atoms with Crippen molar-refractivity contribution < 1.29 is 14.0 Å². The lowest BCUT2D eigenvalue weighted by atomic mass is 10.1. The molecule has 9 heteroatoms. The summed E-state index contributed by atoms with van der Waals surface area (Å²) >= 11 is 2.52. The van der Waals surface area contributed by atoms with Crippen LogP contribution in [0, 0.1) is 12.7 Å². The number of carbonyl (C=O) groups is 2. The van der Waals surface area contributed by atoms with Gasteiger partial charge in [-0.3, -0.25) is 14.9 Å². The second-order valence-electron chi connectivity index (χ2n) is 6.67. The Kier molecular flexibility index (Phi) is 5.88. The van der Waals surface area contributed by atoms with E-state index in [1.165, 1.54) is 35.7 Å². The van der Waals surface area contributed by atoms with Crippen LogP contribution < -0.4 is 10.6 Å². The van der Waals surface area contributed by atoms with Crippen molar-refractivity contribution in [3.8, 4) is 21.8 Å². The first-order chi connectivity index (χ1) is 14.9. The van der Waals surface area contributed by atoms with Gasteiger partial charge in [0, 0.05) is 29.1 Å². The summed E-state index contributed by atoms with van der Waals surface area (Å²) in [7, 11) is 0. The van der Waals surface area contributed by atoms with Gasteiger partial charge in [0.05, 0.1) is 11.4 Å². The zero-order valence-corrected chi connectivity index (χ0v) is 18.2. The molecule has 0 saturated carbocycles. The van der Waals surface area contributed by atoms with Crippen LogP contribution in [0.25, 0.3) is 21.8 Å². The second-order valence-corrected chi connectivity index (χ2v) is 8.52. The molecule has 4 aromatic rings. The molecular weight excluding hydrogens is 435 g/mol. The Morgan fingerprint density at radius 2 is 1.81 bits per heavy atom. The molecular formula is C22H17FN4O2S2. The largest absolute Gasteiger partial charge is 0.326 e. The molecule has 0 radical (unpaired) electrons. The fraction of sp³-hybridized carbons (Fsp3) is 0.0909. The number of aryl methyl sites for hydroxylation is 1. The zero-order valence-electron chi connectivity index (χ0n) is 16.6. The number of nitrogens with zero attached hydrogens (tertiary/aromatic N) is 2. The van der Waals surface area contributed by atoms with E-state index >= 15 is 0 Å². The molecule has 2 N–H and O–H groups in total. The number of nitrogens with one attached hydrogen (secondary N) is 2. The van der Waals surface area contributed by atoms with E-state index in [1.807, 2.05) is 30.3 Å². The van der Waals surface area contributed by atoms with Gasteiger partial charge in [0.15, 0.2) is 5.13 Å². The Hall–Kier alpha value is -3.43. The van der Waals surface area contributed by atoms with Crippen molar-refractivity contribution in [1.82, 2.24) is 9.97 Å². The Bertz CT molecular complexity index is 1270. The lowest BCUT2D eigenvalue weighted by molar-refractivity contribution is -0.114. The third kappa shape index (κ3) is 4.68. The highest BCUT2D eigenvalue weighted by Crippen LogP contribution is 2.31. The van der Waals surface area contributed by atoms with E-state index in [0.29, 0.717) is 27.1 Å². The minimum absolute atomic E-state index is 0.278. The van der Waals surface area contributed by atoms with Crippen molar-refractivity contribution in [2.45, 2.75) is 13.8 Å². The molecule has 0 aliphatic rings. The molecule has 0 saturated heterocycles. The van der Waals surface area contributed by atoms with Gasteiger partial charge < -0.3 is 5.32 Å². The van der Waals surface area contributed by atoms with Crippen molar-refractivity contribution in [3.63, 3.8) is 0 Å². The standard InChI is InChI=1S/C22H17FN4O2S2/c1-12-19(31-21(24-12)14-6-4-3-5-7-14)20(29)27-22-26-18(11-30-22)16-9-8-15(10-17(16)23)25-13(2)28/h3-11H,1-2H3,(H,25,28)(H,26,27,29). The van der Waals surface area contributed by atoms with Crippen LogP contribution in [0.4, 0.5) is 15.2 Å². The first kappa shape index (κ1) is 20.8. The molecule has 0 fully saturated rings. The Labute approximate surface area is 185 Å². The maximum atomic E-state index is 14.5. The number of thiazole rings is 2. The van der Waals surface area contributed by atoms with E-state index in [2.05, 4.69) is 20.6 Å². The topological polar surface area (TPSA) is 84.0 Å². The number of hydrogen-bond donors (Lipinski definition) is 2. The summed E-state index contributed by atoms with van der Waals surface area (Å²) in [6.45, 7) is 3.14. The number of hydrogen-bond acceptors (Lipinski definition) is 6. The fourth-order valence-corrected chi connectivity index (χ4v) is 4.60. The van der Waals surface area contributed by atoms with Crippen LogP contribution in [-0.4, -0.2) is 21.8 Å². The predicted molar refractivity (Wildman–Crippen MR) is 122 cm³/mol. The number of rotatable bonds is 5. The van der Waals surface area contributed by atoms with Gasteiger partial charge in [-0.15, -0.1) is 22.7 Å². The van der Waals surface area contributed by atoms with Gasteiger partial charge in [-0.05, 0) is 25.1 Å². The maximum Gasteiger partial charge on any atom is 0.269 e. The van der Waals surface area contributed by atoms with Crippen LogP contribution in [0.2, 0.25) is 0 Å². The lowest BCUT2D eigenvalue weighted by Crippen LogP contribution is -2.11. The van der Waals surface area contributed by atoms with Gasteiger partial charge in [-0.2, -0.15) is 0 Å². The summed E-state index contributed by atoms with van der Waals surface area (Å²) in [5.41, 5.74) is 2.64.